The number of nitrogens with two attached hydrogens (primary N) is 1. The molecule has 7 heteroatoms. The van der Waals surface area contributed by atoms with E-state index in [0.29, 0.717) is 25.2 Å². The Bertz CT molecular complexity index is 575. The summed E-state index contributed by atoms with van der Waals surface area (Å²) in [6.45, 7) is 1.01. The number of aliphatic hydroxyl groups is 1. The second-order valence-electron chi connectivity index (χ2n) is 5.07. The molecule has 5 nitrogen and oxygen atoms in total. The summed E-state index contributed by atoms with van der Waals surface area (Å²) in [6, 6.07) is 4.43. The summed E-state index contributed by atoms with van der Waals surface area (Å²) >= 11 is 6.00. The molecule has 0 aromatic heterocycles. The normalized spacial score (nSPS) is 21.0. The molecule has 1 saturated heterocycles. The van der Waals surface area contributed by atoms with Gasteiger partial charge in [-0.3, -0.25) is 0 Å². The number of nitrogens with zero attached hydrogens (tertiary/aromatic N) is 1. The Morgan fingerprint density at radius 1 is 1.45 bits per heavy atom. The second-order valence-corrected chi connectivity index (χ2v) is 7.39. The predicted octanol–water partition coefficient (Wildman–Crippen LogP) is 1.71. The lowest BCUT2D eigenvalue weighted by molar-refractivity contribution is 0.203. The first kappa shape index (κ1) is 15.6. The van der Waals surface area contributed by atoms with Gasteiger partial charge >= 0.3 is 0 Å². The van der Waals surface area contributed by atoms with Crippen LogP contribution < -0.4 is 5.73 Å². The average molecular weight is 319 g/mol. The molecule has 1 aliphatic rings. The van der Waals surface area contributed by atoms with Crippen LogP contribution >= 0.6 is 11.6 Å². The minimum absolute atomic E-state index is 0.0845. The van der Waals surface area contributed by atoms with Gasteiger partial charge in [0.15, 0.2) is 0 Å². The third-order valence-corrected chi connectivity index (χ3v) is 5.94. The van der Waals surface area contributed by atoms with Crippen molar-refractivity contribution in [2.24, 2.45) is 5.92 Å². The number of aliphatic hydroxyl groups excluding tert-OH is 1. The summed E-state index contributed by atoms with van der Waals surface area (Å²) in [7, 11) is -3.60. The highest BCUT2D eigenvalue weighted by atomic mass is 35.5. The number of anilines is 1. The molecule has 0 saturated carbocycles. The van der Waals surface area contributed by atoms with Gasteiger partial charge in [-0.05, 0) is 43.4 Å². The van der Waals surface area contributed by atoms with E-state index in [9.17, 15) is 8.42 Å². The Kier molecular flexibility index (Phi) is 4.90. The monoisotopic (exact) mass is 318 g/mol. The van der Waals surface area contributed by atoms with Crippen molar-refractivity contribution in [2.75, 3.05) is 25.4 Å². The van der Waals surface area contributed by atoms with Crippen LogP contribution in [0.5, 0.6) is 0 Å². The maximum Gasteiger partial charge on any atom is 0.244 e. The minimum Gasteiger partial charge on any atom is -0.399 e. The molecule has 1 heterocycles. The topological polar surface area (TPSA) is 83.6 Å². The molecule has 1 aromatic carbocycles. The molecule has 2 rings (SSSR count). The summed E-state index contributed by atoms with van der Waals surface area (Å²) in [5.41, 5.74) is 6.03. The highest BCUT2D eigenvalue weighted by Crippen LogP contribution is 2.30. The lowest BCUT2D eigenvalue weighted by atomic mass is 9.97. The van der Waals surface area contributed by atoms with Gasteiger partial charge in [-0.2, -0.15) is 4.31 Å². The Labute approximate surface area is 124 Å². The molecule has 1 fully saturated rings. The highest BCUT2D eigenvalue weighted by Gasteiger charge is 2.31. The van der Waals surface area contributed by atoms with Gasteiger partial charge in [0, 0.05) is 25.4 Å². The maximum atomic E-state index is 12.6. The molecule has 0 bridgehead atoms. The van der Waals surface area contributed by atoms with Gasteiger partial charge in [0.05, 0.1) is 5.02 Å². The van der Waals surface area contributed by atoms with Crippen molar-refractivity contribution in [3.63, 3.8) is 0 Å². The van der Waals surface area contributed by atoms with Gasteiger partial charge in [0.1, 0.15) is 4.90 Å². The standard InChI is InChI=1S/C13H19ClN2O3S/c14-12-8-11(15)3-4-13(12)20(18,19)16-6-1-2-10(9-16)5-7-17/h3-4,8,10,17H,1-2,5-7,9,15H2. The van der Waals surface area contributed by atoms with Crippen LogP contribution in [-0.2, 0) is 10.0 Å². The molecule has 112 valence electrons. The van der Waals surface area contributed by atoms with Crippen LogP contribution in [0.15, 0.2) is 23.1 Å². The van der Waals surface area contributed by atoms with Crippen molar-refractivity contribution >= 4 is 27.3 Å². The van der Waals surface area contributed by atoms with Crippen molar-refractivity contribution in [3.05, 3.63) is 23.2 Å². The van der Waals surface area contributed by atoms with Crippen molar-refractivity contribution in [1.82, 2.24) is 4.31 Å². The highest BCUT2D eigenvalue weighted by molar-refractivity contribution is 7.89. The van der Waals surface area contributed by atoms with Crippen LogP contribution in [0.2, 0.25) is 5.02 Å². The Morgan fingerprint density at radius 3 is 2.85 bits per heavy atom. The number of sulfonamides is 1. The Morgan fingerprint density at radius 2 is 2.20 bits per heavy atom. The third-order valence-electron chi connectivity index (χ3n) is 3.59. The fraction of sp³-hybridized carbons (Fsp3) is 0.538. The van der Waals surface area contributed by atoms with Crippen molar-refractivity contribution in [3.8, 4) is 0 Å². The molecule has 1 aliphatic heterocycles. The van der Waals surface area contributed by atoms with Gasteiger partial charge in [0.2, 0.25) is 10.0 Å². The van der Waals surface area contributed by atoms with Crippen molar-refractivity contribution in [1.29, 1.82) is 0 Å². The fourth-order valence-corrected chi connectivity index (χ4v) is 4.61. The summed E-state index contributed by atoms with van der Waals surface area (Å²) in [5.74, 6) is 0.205. The van der Waals surface area contributed by atoms with Gasteiger partial charge in [0.25, 0.3) is 0 Å². The Hall–Kier alpha value is -0.820. The smallest absolute Gasteiger partial charge is 0.244 e. The van der Waals surface area contributed by atoms with Gasteiger partial charge < -0.3 is 10.8 Å². The number of halogens is 1. The van der Waals surface area contributed by atoms with Crippen LogP contribution in [0.25, 0.3) is 0 Å². The zero-order valence-electron chi connectivity index (χ0n) is 11.1. The summed E-state index contributed by atoms with van der Waals surface area (Å²) in [6.07, 6.45) is 2.38. The van der Waals surface area contributed by atoms with Crippen LogP contribution in [0.4, 0.5) is 5.69 Å². The molecule has 1 unspecified atom stereocenters. The van der Waals surface area contributed by atoms with E-state index in [1.165, 1.54) is 22.5 Å². The van der Waals surface area contributed by atoms with Crippen molar-refractivity contribution in [2.45, 2.75) is 24.2 Å². The molecular weight excluding hydrogens is 300 g/mol. The van der Waals surface area contributed by atoms with Crippen LogP contribution in [-0.4, -0.2) is 37.5 Å². The molecule has 20 heavy (non-hydrogen) atoms. The van der Waals surface area contributed by atoms with Crippen LogP contribution in [0.3, 0.4) is 0 Å². The van der Waals surface area contributed by atoms with Gasteiger partial charge in [-0.1, -0.05) is 11.6 Å². The first-order valence-corrected chi connectivity index (χ1v) is 8.43. The number of hydrogen-bond acceptors (Lipinski definition) is 4. The van der Waals surface area contributed by atoms with E-state index in [4.69, 9.17) is 22.4 Å². The summed E-state index contributed by atoms with van der Waals surface area (Å²) < 4.78 is 26.7. The Balaban J connectivity index is 2.25. The van der Waals surface area contributed by atoms with E-state index in [1.807, 2.05) is 0 Å². The third kappa shape index (κ3) is 3.25. The molecule has 0 spiro atoms. The zero-order valence-corrected chi connectivity index (χ0v) is 12.7. The van der Waals surface area contributed by atoms with Crippen molar-refractivity contribution < 1.29 is 13.5 Å². The quantitative estimate of drug-likeness (QED) is 0.828. The molecule has 0 amide bonds. The van der Waals surface area contributed by atoms with E-state index < -0.39 is 10.0 Å². The van der Waals surface area contributed by atoms with E-state index in [0.717, 1.165) is 12.8 Å². The molecule has 1 aromatic rings. The first-order chi connectivity index (χ1) is 9.45. The zero-order chi connectivity index (χ0) is 14.8. The van der Waals surface area contributed by atoms with Crippen LogP contribution in [0, 0.1) is 5.92 Å². The molecule has 3 N–H and O–H groups in total. The lowest BCUT2D eigenvalue weighted by Gasteiger charge is -2.31. The lowest BCUT2D eigenvalue weighted by Crippen LogP contribution is -2.40. The first-order valence-electron chi connectivity index (χ1n) is 6.61. The largest absolute Gasteiger partial charge is 0.399 e. The second kappa shape index (κ2) is 6.30. The van der Waals surface area contributed by atoms with Gasteiger partial charge in [-0.25, -0.2) is 8.42 Å². The van der Waals surface area contributed by atoms with E-state index in [1.54, 1.807) is 0 Å². The summed E-state index contributed by atoms with van der Waals surface area (Å²) in [4.78, 5) is 0.0954. The number of piperidine rings is 1. The molecule has 0 aliphatic carbocycles. The number of hydrogen-bond donors (Lipinski definition) is 2. The van der Waals surface area contributed by atoms with E-state index >= 15 is 0 Å². The van der Waals surface area contributed by atoms with Crippen LogP contribution in [0.1, 0.15) is 19.3 Å². The number of rotatable bonds is 4. The maximum absolute atomic E-state index is 12.6. The predicted molar refractivity (Wildman–Crippen MR) is 79.1 cm³/mol. The minimum atomic E-state index is -3.60. The summed E-state index contributed by atoms with van der Waals surface area (Å²) in [5, 5.41) is 9.14. The molecular formula is C13H19ClN2O3S. The fourth-order valence-electron chi connectivity index (χ4n) is 2.53. The number of nitrogen functional groups attached to an aromatic ring is 1. The van der Waals surface area contributed by atoms with E-state index in [2.05, 4.69) is 0 Å². The molecule has 1 atom stereocenters. The molecule has 0 radical (unpaired) electrons. The van der Waals surface area contributed by atoms with E-state index in [-0.39, 0.29) is 22.4 Å². The van der Waals surface area contributed by atoms with Gasteiger partial charge in [-0.15, -0.1) is 0 Å². The average Bonchev–Trinajstić information content (AvgIpc) is 2.39. The SMILES string of the molecule is Nc1ccc(S(=O)(=O)N2CCCC(CCO)C2)c(Cl)c1. The number of benzene rings is 1.